The molecule has 0 heterocycles. The van der Waals surface area contributed by atoms with E-state index in [1.807, 2.05) is 11.8 Å². The Morgan fingerprint density at radius 1 is 1.40 bits per heavy atom. The standard InChI is InChI=1S/C12H24N2S/c1-15-5-4-12(14-13)8-11-7-9-2-3-10(11)6-9/h9-12,14H,2-8,13H2,1H3. The summed E-state index contributed by atoms with van der Waals surface area (Å²) in [5, 5.41) is 0. The molecular weight excluding hydrogens is 204 g/mol. The van der Waals surface area contributed by atoms with Gasteiger partial charge in [-0.25, -0.2) is 0 Å². The van der Waals surface area contributed by atoms with E-state index in [0.717, 1.165) is 17.8 Å². The molecule has 0 saturated heterocycles. The van der Waals surface area contributed by atoms with Gasteiger partial charge < -0.3 is 0 Å². The van der Waals surface area contributed by atoms with Crippen LogP contribution in [0.5, 0.6) is 0 Å². The Labute approximate surface area is 97.7 Å². The molecule has 2 saturated carbocycles. The second-order valence-corrected chi connectivity index (χ2v) is 6.30. The van der Waals surface area contributed by atoms with E-state index in [-0.39, 0.29) is 0 Å². The van der Waals surface area contributed by atoms with Gasteiger partial charge in [0.05, 0.1) is 0 Å². The third kappa shape index (κ3) is 2.89. The summed E-state index contributed by atoms with van der Waals surface area (Å²) in [5.74, 6) is 9.95. The molecule has 0 aliphatic heterocycles. The summed E-state index contributed by atoms with van der Waals surface area (Å²) in [4.78, 5) is 0. The summed E-state index contributed by atoms with van der Waals surface area (Å²) in [6.07, 6.45) is 10.7. The zero-order valence-corrected chi connectivity index (χ0v) is 10.6. The van der Waals surface area contributed by atoms with Crippen LogP contribution in [0.15, 0.2) is 0 Å². The van der Waals surface area contributed by atoms with E-state index in [1.54, 1.807) is 0 Å². The van der Waals surface area contributed by atoms with E-state index >= 15 is 0 Å². The van der Waals surface area contributed by atoms with Crippen LogP contribution >= 0.6 is 11.8 Å². The van der Waals surface area contributed by atoms with Gasteiger partial charge in [0.15, 0.2) is 0 Å². The molecule has 3 N–H and O–H groups in total. The van der Waals surface area contributed by atoms with Crippen LogP contribution in [0.3, 0.4) is 0 Å². The van der Waals surface area contributed by atoms with Crippen LogP contribution < -0.4 is 11.3 Å². The van der Waals surface area contributed by atoms with Crippen LogP contribution in [0.2, 0.25) is 0 Å². The van der Waals surface area contributed by atoms with Crippen molar-refractivity contribution in [3.05, 3.63) is 0 Å². The maximum Gasteiger partial charge on any atom is 0.0221 e. The van der Waals surface area contributed by atoms with Gasteiger partial charge in [-0.2, -0.15) is 11.8 Å². The van der Waals surface area contributed by atoms with Crippen molar-refractivity contribution in [3.8, 4) is 0 Å². The Morgan fingerprint density at radius 2 is 2.27 bits per heavy atom. The van der Waals surface area contributed by atoms with Crippen molar-refractivity contribution in [2.45, 2.75) is 44.6 Å². The molecule has 4 atom stereocenters. The van der Waals surface area contributed by atoms with Crippen molar-refractivity contribution >= 4 is 11.8 Å². The molecule has 2 fully saturated rings. The number of hydrogen-bond donors (Lipinski definition) is 2. The zero-order valence-electron chi connectivity index (χ0n) is 9.74. The topological polar surface area (TPSA) is 38.0 Å². The maximum absolute atomic E-state index is 5.63. The zero-order chi connectivity index (χ0) is 10.7. The van der Waals surface area contributed by atoms with Gasteiger partial charge in [-0.15, -0.1) is 0 Å². The van der Waals surface area contributed by atoms with Gasteiger partial charge in [-0.3, -0.25) is 11.3 Å². The number of fused-ring (bicyclic) bond motifs is 2. The molecule has 3 heteroatoms. The van der Waals surface area contributed by atoms with Gasteiger partial charge in [0, 0.05) is 6.04 Å². The molecule has 0 spiro atoms. The quantitative estimate of drug-likeness (QED) is 0.541. The number of hydrazine groups is 1. The van der Waals surface area contributed by atoms with Gasteiger partial charge in [-0.1, -0.05) is 6.42 Å². The summed E-state index contributed by atoms with van der Waals surface area (Å²) in [6.45, 7) is 0. The van der Waals surface area contributed by atoms with E-state index in [4.69, 9.17) is 5.84 Å². The molecule has 0 aromatic carbocycles. The normalized spacial score (nSPS) is 36.0. The van der Waals surface area contributed by atoms with Crippen molar-refractivity contribution in [3.63, 3.8) is 0 Å². The van der Waals surface area contributed by atoms with Gasteiger partial charge in [-0.05, 0) is 61.9 Å². The monoisotopic (exact) mass is 228 g/mol. The molecule has 0 amide bonds. The molecule has 15 heavy (non-hydrogen) atoms. The fraction of sp³-hybridized carbons (Fsp3) is 1.00. The highest BCUT2D eigenvalue weighted by Gasteiger charge is 2.39. The Bertz CT molecular complexity index is 198. The smallest absolute Gasteiger partial charge is 0.0221 e. The van der Waals surface area contributed by atoms with Crippen LogP contribution in [0.1, 0.15) is 38.5 Å². The van der Waals surface area contributed by atoms with Crippen LogP contribution in [0.4, 0.5) is 0 Å². The minimum atomic E-state index is 0.557. The van der Waals surface area contributed by atoms with Crippen LogP contribution in [-0.4, -0.2) is 18.1 Å². The molecule has 0 aromatic heterocycles. The highest BCUT2D eigenvalue weighted by Crippen LogP contribution is 2.49. The summed E-state index contributed by atoms with van der Waals surface area (Å²) in [7, 11) is 0. The molecule has 0 aromatic rings. The fourth-order valence-corrected chi connectivity index (χ4v) is 4.08. The lowest BCUT2D eigenvalue weighted by Gasteiger charge is -2.26. The number of hydrogen-bond acceptors (Lipinski definition) is 3. The van der Waals surface area contributed by atoms with Gasteiger partial charge in [0.25, 0.3) is 0 Å². The predicted octanol–water partition coefficient (Wildman–Crippen LogP) is 2.40. The second kappa shape index (κ2) is 5.55. The lowest BCUT2D eigenvalue weighted by Crippen LogP contribution is -2.37. The van der Waals surface area contributed by atoms with E-state index in [2.05, 4.69) is 11.7 Å². The van der Waals surface area contributed by atoms with Crippen molar-refractivity contribution in [2.75, 3.05) is 12.0 Å². The van der Waals surface area contributed by atoms with E-state index in [0.29, 0.717) is 6.04 Å². The summed E-state index contributed by atoms with van der Waals surface area (Å²) < 4.78 is 0. The Hall–Kier alpha value is 0.270. The molecule has 2 aliphatic carbocycles. The first-order valence-corrected chi connectivity index (χ1v) is 7.68. The average Bonchev–Trinajstić information content (AvgIpc) is 2.85. The van der Waals surface area contributed by atoms with Crippen LogP contribution in [0, 0.1) is 17.8 Å². The third-order valence-electron chi connectivity index (χ3n) is 4.38. The molecule has 4 unspecified atom stereocenters. The second-order valence-electron chi connectivity index (χ2n) is 5.32. The van der Waals surface area contributed by atoms with E-state index < -0.39 is 0 Å². The van der Waals surface area contributed by atoms with Gasteiger partial charge >= 0.3 is 0 Å². The minimum absolute atomic E-state index is 0.557. The Morgan fingerprint density at radius 3 is 2.80 bits per heavy atom. The predicted molar refractivity (Wildman–Crippen MR) is 67.7 cm³/mol. The number of nitrogens with one attached hydrogen (secondary N) is 1. The summed E-state index contributed by atoms with van der Waals surface area (Å²) in [5.41, 5.74) is 3.01. The first-order chi connectivity index (χ1) is 7.33. The summed E-state index contributed by atoms with van der Waals surface area (Å²) >= 11 is 1.92. The fourth-order valence-electron chi connectivity index (χ4n) is 3.56. The van der Waals surface area contributed by atoms with Crippen molar-refractivity contribution in [1.29, 1.82) is 0 Å². The number of thioether (sulfide) groups is 1. The molecule has 2 aliphatic rings. The van der Waals surface area contributed by atoms with Crippen molar-refractivity contribution < 1.29 is 0 Å². The molecule has 0 radical (unpaired) electrons. The lowest BCUT2D eigenvalue weighted by molar-refractivity contribution is 0.276. The summed E-state index contributed by atoms with van der Waals surface area (Å²) in [6, 6.07) is 0.557. The van der Waals surface area contributed by atoms with Gasteiger partial charge in [0.2, 0.25) is 0 Å². The average molecular weight is 228 g/mol. The molecular formula is C12H24N2S. The van der Waals surface area contributed by atoms with Gasteiger partial charge in [0.1, 0.15) is 0 Å². The van der Waals surface area contributed by atoms with Crippen molar-refractivity contribution in [2.24, 2.45) is 23.6 Å². The Balaban J connectivity index is 1.74. The Kier molecular flexibility index (Phi) is 4.35. The maximum atomic E-state index is 5.63. The lowest BCUT2D eigenvalue weighted by atomic mass is 9.84. The largest absolute Gasteiger partial charge is 0.271 e. The highest BCUT2D eigenvalue weighted by molar-refractivity contribution is 7.98. The molecule has 2 nitrogen and oxygen atoms in total. The number of rotatable bonds is 6. The highest BCUT2D eigenvalue weighted by atomic mass is 32.2. The van der Waals surface area contributed by atoms with Crippen LogP contribution in [0.25, 0.3) is 0 Å². The first-order valence-electron chi connectivity index (χ1n) is 6.28. The minimum Gasteiger partial charge on any atom is -0.271 e. The molecule has 2 bridgehead atoms. The first kappa shape index (κ1) is 11.7. The number of nitrogens with two attached hydrogens (primary N) is 1. The van der Waals surface area contributed by atoms with Crippen LogP contribution in [-0.2, 0) is 0 Å². The SMILES string of the molecule is CSCCC(CC1CC2CCC1C2)NN. The van der Waals surface area contributed by atoms with E-state index in [9.17, 15) is 0 Å². The molecule has 2 rings (SSSR count). The molecule has 88 valence electrons. The van der Waals surface area contributed by atoms with Crippen molar-refractivity contribution in [1.82, 2.24) is 5.43 Å². The van der Waals surface area contributed by atoms with E-state index in [1.165, 1.54) is 44.3 Å². The third-order valence-corrected chi connectivity index (χ3v) is 5.02.